The summed E-state index contributed by atoms with van der Waals surface area (Å²) in [6.45, 7) is 4.19. The van der Waals surface area contributed by atoms with Gasteiger partial charge in [-0.25, -0.2) is 0 Å². The van der Waals surface area contributed by atoms with Gasteiger partial charge in [0.15, 0.2) is 0 Å². The van der Waals surface area contributed by atoms with Crippen molar-refractivity contribution >= 4 is 23.2 Å². The van der Waals surface area contributed by atoms with Crippen LogP contribution in [0, 0.1) is 0 Å². The van der Waals surface area contributed by atoms with Crippen LogP contribution in [-0.4, -0.2) is 18.8 Å². The molecule has 0 saturated carbocycles. The molecule has 3 nitrogen and oxygen atoms in total. The van der Waals surface area contributed by atoms with Gasteiger partial charge in [0, 0.05) is 17.2 Å². The number of hydrazine groups is 1. The molecule has 0 amide bonds. The summed E-state index contributed by atoms with van der Waals surface area (Å²) >= 11 is 12.2. The van der Waals surface area contributed by atoms with E-state index in [2.05, 4.69) is 19.3 Å². The molecule has 1 aromatic rings. The normalized spacial score (nSPS) is 13.6. The summed E-state index contributed by atoms with van der Waals surface area (Å²) in [5, 5.41) is 1.37. The van der Waals surface area contributed by atoms with Gasteiger partial charge in [-0.1, -0.05) is 37.0 Å². The van der Waals surface area contributed by atoms with Crippen LogP contribution in [0.2, 0.25) is 10.0 Å². The third kappa shape index (κ3) is 3.83. The fourth-order valence-electron chi connectivity index (χ4n) is 2.49. The minimum atomic E-state index is -0.305. The maximum atomic E-state index is 6.21. The molecule has 1 aromatic carbocycles. The van der Waals surface area contributed by atoms with Crippen LogP contribution in [0.15, 0.2) is 18.2 Å². The van der Waals surface area contributed by atoms with E-state index in [9.17, 15) is 0 Å². The van der Waals surface area contributed by atoms with Crippen molar-refractivity contribution in [3.63, 3.8) is 0 Å². The topological polar surface area (TPSA) is 47.3 Å². The summed E-state index contributed by atoms with van der Waals surface area (Å²) in [5.74, 6) is 5.72. The van der Waals surface area contributed by atoms with Crippen LogP contribution < -0.4 is 11.3 Å². The molecule has 0 fully saturated rings. The van der Waals surface area contributed by atoms with Crippen LogP contribution >= 0.6 is 23.2 Å². The Hall–Kier alpha value is -0.320. The van der Waals surface area contributed by atoms with Crippen LogP contribution in [0.5, 0.6) is 0 Å². The van der Waals surface area contributed by atoms with Crippen LogP contribution in [0.3, 0.4) is 0 Å². The Balaban J connectivity index is 3.01. The molecule has 1 rings (SSSR count). The number of benzene rings is 1. The van der Waals surface area contributed by atoms with E-state index in [0.717, 1.165) is 18.4 Å². The van der Waals surface area contributed by atoms with Gasteiger partial charge in [0.1, 0.15) is 0 Å². The molecule has 0 heterocycles. The second-order valence-electron chi connectivity index (χ2n) is 4.64. The molecule has 0 radical (unpaired) electrons. The first kappa shape index (κ1) is 16.7. The minimum absolute atomic E-state index is 0.0246. The van der Waals surface area contributed by atoms with Crippen molar-refractivity contribution in [3.8, 4) is 0 Å². The van der Waals surface area contributed by atoms with Crippen molar-refractivity contribution in [2.24, 2.45) is 5.84 Å². The first-order valence-corrected chi connectivity index (χ1v) is 7.23. The molecule has 0 saturated heterocycles. The summed E-state index contributed by atoms with van der Waals surface area (Å²) in [5.41, 5.74) is 3.53. The molecule has 0 aliphatic carbocycles. The average Bonchev–Trinajstić information content (AvgIpc) is 2.43. The first-order valence-electron chi connectivity index (χ1n) is 6.48. The van der Waals surface area contributed by atoms with E-state index in [-0.39, 0.29) is 11.6 Å². The Bertz CT molecular complexity index is 400. The molecule has 1 atom stereocenters. The maximum absolute atomic E-state index is 6.21. The van der Waals surface area contributed by atoms with Crippen LogP contribution in [-0.2, 0) is 11.2 Å². The third-order valence-electron chi connectivity index (χ3n) is 3.87. The Morgan fingerprint density at radius 3 is 2.42 bits per heavy atom. The van der Waals surface area contributed by atoms with Gasteiger partial charge in [0.2, 0.25) is 0 Å². The zero-order chi connectivity index (χ0) is 14.5. The number of methoxy groups -OCH3 is 1. The highest BCUT2D eigenvalue weighted by Crippen LogP contribution is 2.29. The van der Waals surface area contributed by atoms with E-state index >= 15 is 0 Å². The SMILES string of the molecule is CCC(CC)(OC)C(Cc1cc(Cl)ccc1Cl)NN. The molecule has 0 spiro atoms. The van der Waals surface area contributed by atoms with Crippen LogP contribution in [0.4, 0.5) is 0 Å². The number of ether oxygens (including phenoxy) is 1. The fraction of sp³-hybridized carbons (Fsp3) is 0.571. The van der Waals surface area contributed by atoms with Gasteiger partial charge in [-0.3, -0.25) is 11.3 Å². The molecule has 3 N–H and O–H groups in total. The molecule has 19 heavy (non-hydrogen) atoms. The van der Waals surface area contributed by atoms with Crippen LogP contribution in [0.1, 0.15) is 32.3 Å². The number of hydrogen-bond acceptors (Lipinski definition) is 3. The van der Waals surface area contributed by atoms with Crippen molar-refractivity contribution < 1.29 is 4.74 Å². The Kier molecular flexibility index (Phi) is 6.57. The summed E-state index contributed by atoms with van der Waals surface area (Å²) in [4.78, 5) is 0. The maximum Gasteiger partial charge on any atom is 0.0842 e. The van der Waals surface area contributed by atoms with Gasteiger partial charge in [-0.05, 0) is 43.0 Å². The van der Waals surface area contributed by atoms with E-state index in [0.29, 0.717) is 16.5 Å². The van der Waals surface area contributed by atoms with Gasteiger partial charge in [0.05, 0.1) is 11.6 Å². The molecule has 0 bridgehead atoms. The molecule has 5 heteroatoms. The molecule has 108 valence electrons. The molecule has 1 unspecified atom stereocenters. The third-order valence-corrected chi connectivity index (χ3v) is 4.48. The summed E-state index contributed by atoms with van der Waals surface area (Å²) < 4.78 is 5.71. The van der Waals surface area contributed by atoms with E-state index in [1.165, 1.54) is 0 Å². The number of rotatable bonds is 7. The van der Waals surface area contributed by atoms with E-state index in [4.69, 9.17) is 33.8 Å². The summed E-state index contributed by atoms with van der Waals surface area (Å²) in [6, 6.07) is 5.43. The number of nitrogens with one attached hydrogen (secondary N) is 1. The summed E-state index contributed by atoms with van der Waals surface area (Å²) in [6.07, 6.45) is 2.41. The van der Waals surface area contributed by atoms with Gasteiger partial charge in [0.25, 0.3) is 0 Å². The highest BCUT2D eigenvalue weighted by atomic mass is 35.5. The van der Waals surface area contributed by atoms with Crippen molar-refractivity contribution in [2.45, 2.75) is 44.8 Å². The van der Waals surface area contributed by atoms with Gasteiger partial charge in [-0.15, -0.1) is 0 Å². The number of nitrogens with two attached hydrogens (primary N) is 1. The van der Waals surface area contributed by atoms with Gasteiger partial charge >= 0.3 is 0 Å². The van der Waals surface area contributed by atoms with Crippen molar-refractivity contribution in [1.82, 2.24) is 5.43 Å². The lowest BCUT2D eigenvalue weighted by Gasteiger charge is -2.38. The second kappa shape index (κ2) is 7.46. The average molecular weight is 305 g/mol. The second-order valence-corrected chi connectivity index (χ2v) is 5.48. The van der Waals surface area contributed by atoms with Crippen molar-refractivity contribution in [2.75, 3.05) is 7.11 Å². The Labute approximate surface area is 125 Å². The Morgan fingerprint density at radius 2 is 1.95 bits per heavy atom. The van der Waals surface area contributed by atoms with Crippen molar-refractivity contribution in [1.29, 1.82) is 0 Å². The lowest BCUT2D eigenvalue weighted by molar-refractivity contribution is -0.0472. The zero-order valence-corrected chi connectivity index (χ0v) is 13.2. The molecule has 0 aliphatic heterocycles. The molecular formula is C14H22Cl2N2O. The fourth-order valence-corrected chi connectivity index (χ4v) is 2.88. The number of hydrogen-bond donors (Lipinski definition) is 2. The van der Waals surface area contributed by atoms with Gasteiger partial charge < -0.3 is 4.74 Å². The molecule has 0 aromatic heterocycles. The monoisotopic (exact) mass is 304 g/mol. The van der Waals surface area contributed by atoms with Crippen LogP contribution in [0.25, 0.3) is 0 Å². The Morgan fingerprint density at radius 1 is 1.32 bits per heavy atom. The van der Waals surface area contributed by atoms with E-state index < -0.39 is 0 Å². The zero-order valence-electron chi connectivity index (χ0n) is 11.7. The summed E-state index contributed by atoms with van der Waals surface area (Å²) in [7, 11) is 1.72. The quantitative estimate of drug-likeness (QED) is 0.598. The molecular weight excluding hydrogens is 283 g/mol. The van der Waals surface area contributed by atoms with Crippen molar-refractivity contribution in [3.05, 3.63) is 33.8 Å². The highest BCUT2D eigenvalue weighted by molar-refractivity contribution is 6.33. The standard InChI is InChI=1S/C14H22Cl2N2O/c1-4-14(5-2,19-3)13(18-17)9-10-8-11(15)6-7-12(10)16/h6-8,13,18H,4-5,9,17H2,1-3H3. The minimum Gasteiger partial charge on any atom is -0.377 e. The lowest BCUT2D eigenvalue weighted by Crippen LogP contribution is -2.55. The van der Waals surface area contributed by atoms with Gasteiger partial charge in [-0.2, -0.15) is 0 Å². The highest BCUT2D eigenvalue weighted by Gasteiger charge is 2.35. The van der Waals surface area contributed by atoms with E-state index in [1.807, 2.05) is 6.07 Å². The smallest absolute Gasteiger partial charge is 0.0842 e. The number of halogens is 2. The first-order chi connectivity index (χ1) is 9.02. The lowest BCUT2D eigenvalue weighted by atomic mass is 9.85. The van der Waals surface area contributed by atoms with E-state index in [1.54, 1.807) is 19.2 Å². The molecule has 0 aliphatic rings. The largest absolute Gasteiger partial charge is 0.377 e. The predicted octanol–water partition coefficient (Wildman–Crippen LogP) is 3.57. The predicted molar refractivity (Wildman–Crippen MR) is 81.6 cm³/mol.